The van der Waals surface area contributed by atoms with Crippen LogP contribution in [-0.2, 0) is 38.7 Å². The monoisotopic (exact) mass is 437 g/mol. The van der Waals surface area contributed by atoms with Crippen molar-refractivity contribution in [2.75, 3.05) is 0 Å². The van der Waals surface area contributed by atoms with Crippen LogP contribution in [0.4, 0.5) is 4.79 Å². The number of hydrogen-bond acceptors (Lipinski definition) is 5. The fourth-order valence-corrected chi connectivity index (χ4v) is 3.65. The SMILES string of the molecule is CC(=O)CC[C@@H](NC(=O)[C@@H]1Cc2ccccc2CN1C(=O)OCc1ccccc1)C(N)=O. The van der Waals surface area contributed by atoms with Gasteiger partial charge >= 0.3 is 6.09 Å². The van der Waals surface area contributed by atoms with Crippen molar-refractivity contribution in [2.24, 2.45) is 5.73 Å². The van der Waals surface area contributed by atoms with Crippen LogP contribution in [0.15, 0.2) is 54.6 Å². The lowest BCUT2D eigenvalue weighted by atomic mass is 9.93. The third-order valence-electron chi connectivity index (χ3n) is 5.44. The van der Waals surface area contributed by atoms with E-state index < -0.39 is 30.0 Å². The summed E-state index contributed by atoms with van der Waals surface area (Å²) in [6.45, 7) is 1.69. The van der Waals surface area contributed by atoms with Crippen molar-refractivity contribution in [1.82, 2.24) is 10.2 Å². The molecule has 3 amide bonds. The number of primary amides is 1. The molecule has 8 heteroatoms. The highest BCUT2D eigenvalue weighted by molar-refractivity contribution is 5.91. The second-order valence-corrected chi connectivity index (χ2v) is 7.86. The van der Waals surface area contributed by atoms with Gasteiger partial charge in [-0.15, -0.1) is 0 Å². The van der Waals surface area contributed by atoms with Crippen LogP contribution in [0.5, 0.6) is 0 Å². The Morgan fingerprint density at radius 1 is 1.06 bits per heavy atom. The molecule has 0 aliphatic carbocycles. The van der Waals surface area contributed by atoms with E-state index in [9.17, 15) is 19.2 Å². The number of Topliss-reactive ketones (excluding diaryl/α,β-unsaturated/α-hetero) is 1. The summed E-state index contributed by atoms with van der Waals surface area (Å²) in [6, 6.07) is 14.9. The predicted molar refractivity (Wildman–Crippen MR) is 117 cm³/mol. The minimum atomic E-state index is -0.995. The molecule has 3 N–H and O–H groups in total. The molecule has 168 valence electrons. The van der Waals surface area contributed by atoms with Crippen LogP contribution in [0, 0.1) is 0 Å². The van der Waals surface area contributed by atoms with Gasteiger partial charge in [0.15, 0.2) is 0 Å². The molecule has 1 heterocycles. The van der Waals surface area contributed by atoms with Crippen LogP contribution in [-0.4, -0.2) is 40.7 Å². The van der Waals surface area contributed by atoms with Crippen LogP contribution in [0.25, 0.3) is 0 Å². The summed E-state index contributed by atoms with van der Waals surface area (Å²) in [5.74, 6) is -1.35. The Kier molecular flexibility index (Phi) is 7.59. The molecular formula is C24H27N3O5. The molecule has 3 rings (SSSR count). The quantitative estimate of drug-likeness (QED) is 0.655. The first-order valence-corrected chi connectivity index (χ1v) is 10.5. The van der Waals surface area contributed by atoms with E-state index >= 15 is 0 Å². The number of nitrogens with two attached hydrogens (primary N) is 1. The predicted octanol–water partition coefficient (Wildman–Crippen LogP) is 2.09. The number of hydrogen-bond donors (Lipinski definition) is 2. The number of nitrogens with one attached hydrogen (secondary N) is 1. The molecular weight excluding hydrogens is 410 g/mol. The number of carbonyl (C=O) groups excluding carboxylic acids is 4. The second-order valence-electron chi connectivity index (χ2n) is 7.86. The number of amides is 3. The Hall–Kier alpha value is -3.68. The lowest BCUT2D eigenvalue weighted by molar-refractivity contribution is -0.131. The average molecular weight is 437 g/mol. The molecule has 0 fully saturated rings. The van der Waals surface area contributed by atoms with Gasteiger partial charge in [0, 0.05) is 12.8 Å². The summed E-state index contributed by atoms with van der Waals surface area (Å²) >= 11 is 0. The second kappa shape index (κ2) is 10.6. The maximum atomic E-state index is 13.1. The van der Waals surface area contributed by atoms with E-state index in [1.165, 1.54) is 11.8 Å². The molecule has 0 spiro atoms. The first kappa shape index (κ1) is 23.0. The lowest BCUT2D eigenvalue weighted by Crippen LogP contribution is -2.56. The first-order valence-electron chi connectivity index (χ1n) is 10.5. The molecule has 0 unspecified atom stereocenters. The van der Waals surface area contributed by atoms with Gasteiger partial charge in [0.2, 0.25) is 11.8 Å². The Balaban J connectivity index is 1.76. The van der Waals surface area contributed by atoms with Gasteiger partial charge in [0.25, 0.3) is 0 Å². The number of fused-ring (bicyclic) bond motifs is 1. The van der Waals surface area contributed by atoms with Crippen molar-refractivity contribution < 1.29 is 23.9 Å². The Morgan fingerprint density at radius 3 is 2.38 bits per heavy atom. The molecule has 32 heavy (non-hydrogen) atoms. The molecule has 2 aromatic rings. The molecule has 0 saturated carbocycles. The van der Waals surface area contributed by atoms with Crippen LogP contribution < -0.4 is 11.1 Å². The zero-order chi connectivity index (χ0) is 23.1. The van der Waals surface area contributed by atoms with E-state index in [1.54, 1.807) is 0 Å². The van der Waals surface area contributed by atoms with Gasteiger partial charge in [-0.1, -0.05) is 54.6 Å². The summed E-state index contributed by atoms with van der Waals surface area (Å²) < 4.78 is 5.47. The highest BCUT2D eigenvalue weighted by atomic mass is 16.6. The standard InChI is InChI=1S/C24H27N3O5/c1-16(28)11-12-20(22(25)29)26-23(30)21-13-18-9-5-6-10-19(18)14-27(21)24(31)32-15-17-7-3-2-4-8-17/h2-10,20-21H,11-15H2,1H3,(H2,25,29)(H,26,30)/t20-,21+/m1/s1. The van der Waals surface area contributed by atoms with Gasteiger partial charge in [-0.2, -0.15) is 0 Å². The normalized spacial score (nSPS) is 15.9. The van der Waals surface area contributed by atoms with E-state index in [-0.39, 0.29) is 38.2 Å². The van der Waals surface area contributed by atoms with Gasteiger partial charge in [-0.05, 0) is 30.0 Å². The molecule has 0 bridgehead atoms. The number of carbonyl (C=O) groups is 4. The fraction of sp³-hybridized carbons (Fsp3) is 0.333. The largest absolute Gasteiger partial charge is 0.445 e. The third kappa shape index (κ3) is 5.94. The highest BCUT2D eigenvalue weighted by Gasteiger charge is 2.36. The number of ether oxygens (including phenoxy) is 1. The summed E-state index contributed by atoms with van der Waals surface area (Å²) in [5.41, 5.74) is 8.12. The fourth-order valence-electron chi connectivity index (χ4n) is 3.65. The van der Waals surface area contributed by atoms with Gasteiger partial charge < -0.3 is 20.6 Å². The van der Waals surface area contributed by atoms with Gasteiger partial charge in [-0.25, -0.2) is 4.79 Å². The Labute approximate surface area is 186 Å². The van der Waals surface area contributed by atoms with Crippen LogP contribution in [0.1, 0.15) is 36.5 Å². The summed E-state index contributed by atoms with van der Waals surface area (Å²) in [4.78, 5) is 50.5. The van der Waals surface area contributed by atoms with E-state index in [4.69, 9.17) is 10.5 Å². The van der Waals surface area contributed by atoms with Crippen molar-refractivity contribution in [3.05, 3.63) is 71.3 Å². The number of rotatable bonds is 8. The Bertz CT molecular complexity index is 992. The molecule has 8 nitrogen and oxygen atoms in total. The van der Waals surface area contributed by atoms with Crippen molar-refractivity contribution in [3.63, 3.8) is 0 Å². The summed E-state index contributed by atoms with van der Waals surface area (Å²) in [5, 5.41) is 2.62. The molecule has 0 radical (unpaired) electrons. The number of nitrogens with zero attached hydrogens (tertiary/aromatic N) is 1. The third-order valence-corrected chi connectivity index (χ3v) is 5.44. The van der Waals surface area contributed by atoms with Crippen molar-refractivity contribution >= 4 is 23.7 Å². The van der Waals surface area contributed by atoms with E-state index in [1.807, 2.05) is 54.6 Å². The van der Waals surface area contributed by atoms with Crippen molar-refractivity contribution in [1.29, 1.82) is 0 Å². The zero-order valence-corrected chi connectivity index (χ0v) is 18.0. The van der Waals surface area contributed by atoms with E-state index in [2.05, 4.69) is 5.32 Å². The highest BCUT2D eigenvalue weighted by Crippen LogP contribution is 2.24. The molecule has 2 aromatic carbocycles. The van der Waals surface area contributed by atoms with Gasteiger partial charge in [0.1, 0.15) is 24.5 Å². The maximum absolute atomic E-state index is 13.1. The maximum Gasteiger partial charge on any atom is 0.411 e. The van der Waals surface area contributed by atoms with Crippen molar-refractivity contribution in [2.45, 2.75) is 51.4 Å². The van der Waals surface area contributed by atoms with Crippen molar-refractivity contribution in [3.8, 4) is 0 Å². The van der Waals surface area contributed by atoms with E-state index in [0.717, 1.165) is 16.7 Å². The van der Waals surface area contributed by atoms with Gasteiger partial charge in [0.05, 0.1) is 6.54 Å². The zero-order valence-electron chi connectivity index (χ0n) is 18.0. The van der Waals surface area contributed by atoms with Crippen LogP contribution >= 0.6 is 0 Å². The summed E-state index contributed by atoms with van der Waals surface area (Å²) in [7, 11) is 0. The Morgan fingerprint density at radius 2 is 1.72 bits per heavy atom. The lowest BCUT2D eigenvalue weighted by Gasteiger charge is -2.35. The topological polar surface area (TPSA) is 119 Å². The number of ketones is 1. The summed E-state index contributed by atoms with van der Waals surface area (Å²) in [6.07, 6.45) is -0.119. The van der Waals surface area contributed by atoms with Crippen LogP contribution in [0.3, 0.4) is 0 Å². The molecule has 1 aliphatic rings. The number of benzene rings is 2. The minimum Gasteiger partial charge on any atom is -0.445 e. The smallest absolute Gasteiger partial charge is 0.411 e. The molecule has 0 aromatic heterocycles. The minimum absolute atomic E-state index is 0.0781. The van der Waals surface area contributed by atoms with Gasteiger partial charge in [-0.3, -0.25) is 14.5 Å². The molecule has 0 saturated heterocycles. The first-order chi connectivity index (χ1) is 15.3. The van der Waals surface area contributed by atoms with E-state index in [0.29, 0.717) is 0 Å². The van der Waals surface area contributed by atoms with Crippen LogP contribution in [0.2, 0.25) is 0 Å². The molecule has 2 atom stereocenters. The average Bonchev–Trinajstić information content (AvgIpc) is 2.79. The molecule has 1 aliphatic heterocycles.